The first-order valence-corrected chi connectivity index (χ1v) is 10.8. The van der Waals surface area contributed by atoms with Gasteiger partial charge in [0.05, 0.1) is 25.5 Å². The molecule has 6 heteroatoms. The fourth-order valence-corrected chi connectivity index (χ4v) is 4.48. The van der Waals surface area contributed by atoms with E-state index in [0.717, 1.165) is 6.42 Å². The number of nitrogens with zero attached hydrogens (tertiary/aromatic N) is 2. The molecule has 0 atom stereocenters. The van der Waals surface area contributed by atoms with Crippen molar-refractivity contribution in [2.75, 3.05) is 25.7 Å². The van der Waals surface area contributed by atoms with Crippen molar-refractivity contribution in [3.63, 3.8) is 0 Å². The normalized spacial score (nSPS) is 15.7. The molecule has 2 aliphatic heterocycles. The Bertz CT molecular complexity index is 1250. The molecule has 6 nitrogen and oxygen atoms in total. The van der Waals surface area contributed by atoms with Gasteiger partial charge in [0, 0.05) is 13.1 Å². The first kappa shape index (κ1) is 20.8. The van der Waals surface area contributed by atoms with Gasteiger partial charge in [0.2, 0.25) is 0 Å². The largest absolute Gasteiger partial charge is 0.497 e. The lowest BCUT2D eigenvalue weighted by Crippen LogP contribution is -2.37. The maximum atomic E-state index is 13.7. The summed E-state index contributed by atoms with van der Waals surface area (Å²) in [6.07, 6.45) is 0.819. The third-order valence-electron chi connectivity index (χ3n) is 6.22. The Morgan fingerprint density at radius 2 is 1.33 bits per heavy atom. The number of ether oxygens (including phenoxy) is 2. The molecule has 2 amide bonds. The van der Waals surface area contributed by atoms with Gasteiger partial charge in [-0.1, -0.05) is 36.4 Å². The number of benzene rings is 3. The average Bonchev–Trinajstić information content (AvgIpc) is 3.13. The van der Waals surface area contributed by atoms with E-state index in [1.807, 2.05) is 29.2 Å². The van der Waals surface area contributed by atoms with Crippen LogP contribution in [0.3, 0.4) is 0 Å². The second-order valence-corrected chi connectivity index (χ2v) is 8.04. The molecule has 0 fully saturated rings. The molecule has 3 aromatic carbocycles. The summed E-state index contributed by atoms with van der Waals surface area (Å²) in [6.45, 7) is 1.25. The number of methoxy groups -OCH3 is 2. The number of hydrogen-bond acceptors (Lipinski definition) is 5. The van der Waals surface area contributed by atoms with E-state index in [4.69, 9.17) is 9.47 Å². The summed E-state index contributed by atoms with van der Waals surface area (Å²) in [5.41, 5.74) is 4.52. The number of hydrogen-bond donors (Lipinski definition) is 0. The van der Waals surface area contributed by atoms with Crippen LogP contribution >= 0.6 is 0 Å². The standard InChI is InChI=1S/C27H24N2O4/c1-32-22-11-7-19(8-12-22)24-25(28-16-15-18-5-3-4-6-20(18)17-28)27(31)29(26(24)30)21-9-13-23(33-2)14-10-21/h3-14H,15-17H2,1-2H3. The van der Waals surface area contributed by atoms with Gasteiger partial charge in [-0.25, -0.2) is 4.90 Å². The molecular weight excluding hydrogens is 416 g/mol. The van der Waals surface area contributed by atoms with Crippen LogP contribution in [0.4, 0.5) is 5.69 Å². The molecule has 166 valence electrons. The third kappa shape index (κ3) is 3.63. The van der Waals surface area contributed by atoms with E-state index in [-0.39, 0.29) is 11.8 Å². The number of carbonyl (C=O) groups is 2. The van der Waals surface area contributed by atoms with Gasteiger partial charge in [-0.05, 0) is 59.5 Å². The Balaban J connectivity index is 1.59. The smallest absolute Gasteiger partial charge is 0.282 e. The van der Waals surface area contributed by atoms with Crippen molar-refractivity contribution in [1.82, 2.24) is 4.90 Å². The topological polar surface area (TPSA) is 59.1 Å². The van der Waals surface area contributed by atoms with Crippen LogP contribution in [0.2, 0.25) is 0 Å². The van der Waals surface area contributed by atoms with Gasteiger partial charge in [-0.15, -0.1) is 0 Å². The van der Waals surface area contributed by atoms with Gasteiger partial charge < -0.3 is 14.4 Å². The number of carbonyl (C=O) groups excluding carboxylic acids is 2. The Hall–Kier alpha value is -4.06. The fourth-order valence-electron chi connectivity index (χ4n) is 4.48. The summed E-state index contributed by atoms with van der Waals surface area (Å²) >= 11 is 0. The highest BCUT2D eigenvalue weighted by atomic mass is 16.5. The zero-order valence-electron chi connectivity index (χ0n) is 18.6. The summed E-state index contributed by atoms with van der Waals surface area (Å²) in [5, 5.41) is 0. The molecular formula is C27H24N2O4. The van der Waals surface area contributed by atoms with Gasteiger partial charge in [0.25, 0.3) is 11.8 Å². The van der Waals surface area contributed by atoms with Crippen molar-refractivity contribution in [2.45, 2.75) is 13.0 Å². The molecule has 2 heterocycles. The molecule has 0 aliphatic carbocycles. The predicted molar refractivity (Wildman–Crippen MR) is 126 cm³/mol. The molecule has 0 bridgehead atoms. The van der Waals surface area contributed by atoms with Crippen LogP contribution in [0.25, 0.3) is 5.57 Å². The van der Waals surface area contributed by atoms with E-state index in [9.17, 15) is 9.59 Å². The van der Waals surface area contributed by atoms with Crippen LogP contribution in [-0.2, 0) is 22.6 Å². The molecule has 0 N–H and O–H groups in total. The van der Waals surface area contributed by atoms with Crippen LogP contribution in [-0.4, -0.2) is 37.5 Å². The molecule has 0 saturated heterocycles. The maximum absolute atomic E-state index is 13.7. The van der Waals surface area contributed by atoms with Gasteiger partial charge in [0.1, 0.15) is 17.2 Å². The summed E-state index contributed by atoms with van der Waals surface area (Å²) in [7, 11) is 3.18. The Morgan fingerprint density at radius 3 is 1.97 bits per heavy atom. The zero-order valence-corrected chi connectivity index (χ0v) is 18.6. The van der Waals surface area contributed by atoms with Crippen LogP contribution in [0.15, 0.2) is 78.5 Å². The minimum atomic E-state index is -0.329. The lowest BCUT2D eigenvalue weighted by Gasteiger charge is -2.31. The van der Waals surface area contributed by atoms with Gasteiger partial charge in [-0.3, -0.25) is 9.59 Å². The Labute approximate surface area is 192 Å². The highest BCUT2D eigenvalue weighted by Gasteiger charge is 2.43. The molecule has 0 aromatic heterocycles. The minimum Gasteiger partial charge on any atom is -0.497 e. The molecule has 3 aromatic rings. The Morgan fingerprint density at radius 1 is 0.727 bits per heavy atom. The van der Waals surface area contributed by atoms with Crippen molar-refractivity contribution in [1.29, 1.82) is 0 Å². The van der Waals surface area contributed by atoms with Crippen LogP contribution in [0.5, 0.6) is 11.5 Å². The number of rotatable bonds is 5. The highest BCUT2D eigenvalue weighted by Crippen LogP contribution is 2.37. The Kier molecular flexibility index (Phi) is 5.34. The van der Waals surface area contributed by atoms with Crippen LogP contribution in [0, 0.1) is 0 Å². The van der Waals surface area contributed by atoms with Gasteiger partial charge >= 0.3 is 0 Å². The van der Waals surface area contributed by atoms with Crippen molar-refractivity contribution < 1.29 is 19.1 Å². The van der Waals surface area contributed by atoms with Gasteiger partial charge in [-0.2, -0.15) is 0 Å². The van der Waals surface area contributed by atoms with Crippen LogP contribution < -0.4 is 14.4 Å². The fraction of sp³-hybridized carbons (Fsp3) is 0.185. The zero-order chi connectivity index (χ0) is 22.9. The van der Waals surface area contributed by atoms with E-state index in [1.165, 1.54) is 16.0 Å². The van der Waals surface area contributed by atoms with Crippen molar-refractivity contribution >= 4 is 23.1 Å². The molecule has 0 unspecified atom stereocenters. The van der Waals surface area contributed by atoms with E-state index >= 15 is 0 Å². The highest BCUT2D eigenvalue weighted by molar-refractivity contribution is 6.45. The monoisotopic (exact) mass is 440 g/mol. The molecule has 33 heavy (non-hydrogen) atoms. The lowest BCUT2D eigenvalue weighted by atomic mass is 9.98. The van der Waals surface area contributed by atoms with E-state index in [1.54, 1.807) is 50.6 Å². The van der Waals surface area contributed by atoms with E-state index in [0.29, 0.717) is 47.1 Å². The summed E-state index contributed by atoms with van der Waals surface area (Å²) in [6, 6.07) is 22.5. The lowest BCUT2D eigenvalue weighted by molar-refractivity contribution is -0.120. The van der Waals surface area contributed by atoms with Crippen molar-refractivity contribution in [3.05, 3.63) is 95.2 Å². The molecule has 0 radical (unpaired) electrons. The number of imide groups is 1. The minimum absolute atomic E-state index is 0.310. The number of anilines is 1. The summed E-state index contributed by atoms with van der Waals surface area (Å²) in [5.74, 6) is 0.713. The van der Waals surface area contributed by atoms with Crippen molar-refractivity contribution in [3.8, 4) is 11.5 Å². The SMILES string of the molecule is COc1ccc(C2=C(N3CCc4ccccc4C3)C(=O)N(c3ccc(OC)cc3)C2=O)cc1. The predicted octanol–water partition coefficient (Wildman–Crippen LogP) is 4.05. The second kappa shape index (κ2) is 8.47. The molecule has 2 aliphatic rings. The summed E-state index contributed by atoms with van der Waals surface area (Å²) < 4.78 is 10.5. The first-order valence-electron chi connectivity index (χ1n) is 10.8. The second-order valence-electron chi connectivity index (χ2n) is 8.04. The number of fused-ring (bicyclic) bond motifs is 1. The van der Waals surface area contributed by atoms with E-state index < -0.39 is 0 Å². The molecule has 0 spiro atoms. The van der Waals surface area contributed by atoms with E-state index in [2.05, 4.69) is 12.1 Å². The molecule has 0 saturated carbocycles. The van der Waals surface area contributed by atoms with Gasteiger partial charge in [0.15, 0.2) is 0 Å². The number of amides is 2. The van der Waals surface area contributed by atoms with Crippen molar-refractivity contribution in [2.24, 2.45) is 0 Å². The first-order chi connectivity index (χ1) is 16.1. The average molecular weight is 440 g/mol. The summed E-state index contributed by atoms with van der Waals surface area (Å²) in [4.78, 5) is 30.7. The third-order valence-corrected chi connectivity index (χ3v) is 6.22. The van der Waals surface area contributed by atoms with Crippen LogP contribution in [0.1, 0.15) is 16.7 Å². The molecule has 5 rings (SSSR count). The quantitative estimate of drug-likeness (QED) is 0.561. The maximum Gasteiger partial charge on any atom is 0.282 e.